The highest BCUT2D eigenvalue weighted by atomic mass is 32.2. The van der Waals surface area contributed by atoms with Crippen LogP contribution in [-0.2, 0) is 14.4 Å². The fourth-order valence-electron chi connectivity index (χ4n) is 5.07. The molecule has 2 N–H and O–H groups in total. The Morgan fingerprint density at radius 2 is 1.38 bits per heavy atom. The summed E-state index contributed by atoms with van der Waals surface area (Å²) in [7, 11) is -8.36. The molecule has 0 aliphatic carbocycles. The monoisotopic (exact) mass is 548 g/mol. The first-order chi connectivity index (χ1) is 17.4. The van der Waals surface area contributed by atoms with Crippen molar-refractivity contribution in [1.82, 2.24) is 5.32 Å². The second-order valence-electron chi connectivity index (χ2n) is 10.2. The zero-order valence-electron chi connectivity index (χ0n) is 20.9. The molecular weight excluding hydrogens is 517 g/mol. The summed E-state index contributed by atoms with van der Waals surface area (Å²) in [5.41, 5.74) is -5.05. The molecule has 4 rings (SSSR count). The van der Waals surface area contributed by atoms with Gasteiger partial charge in [-0.3, -0.25) is 4.72 Å². The molecule has 37 heavy (non-hydrogen) atoms. The van der Waals surface area contributed by atoms with Crippen molar-refractivity contribution >= 4 is 34.4 Å². The summed E-state index contributed by atoms with van der Waals surface area (Å²) < 4.78 is 71.5. The van der Waals surface area contributed by atoms with Crippen molar-refractivity contribution in [3.05, 3.63) is 90.5 Å². The molecule has 0 bridgehead atoms. The van der Waals surface area contributed by atoms with Gasteiger partial charge in [0.2, 0.25) is 0 Å². The second-order valence-corrected chi connectivity index (χ2v) is 16.2. The molecule has 0 amide bonds. The van der Waals surface area contributed by atoms with Gasteiger partial charge in [0.1, 0.15) is 0 Å². The van der Waals surface area contributed by atoms with Crippen LogP contribution in [0.4, 0.5) is 18.9 Å². The second kappa shape index (κ2) is 10.2. The quantitative estimate of drug-likeness (QED) is 0.411. The van der Waals surface area contributed by atoms with Gasteiger partial charge in [-0.15, -0.1) is 0 Å². The van der Waals surface area contributed by atoms with Gasteiger partial charge in [0.25, 0.3) is 8.32 Å². The highest BCUT2D eigenvalue weighted by Crippen LogP contribution is 2.40. The number of anilines is 1. The van der Waals surface area contributed by atoms with Crippen LogP contribution in [0.25, 0.3) is 0 Å². The van der Waals surface area contributed by atoms with E-state index >= 15 is 0 Å². The molecule has 1 aliphatic rings. The van der Waals surface area contributed by atoms with Crippen LogP contribution in [0, 0.1) is 0 Å². The predicted molar refractivity (Wildman–Crippen MR) is 143 cm³/mol. The maximum Gasteiger partial charge on any atom is 0.516 e. The molecule has 3 aromatic carbocycles. The molecule has 0 radical (unpaired) electrons. The van der Waals surface area contributed by atoms with Crippen molar-refractivity contribution in [2.45, 2.75) is 49.9 Å². The number of hydrogen-bond acceptors (Lipinski definition) is 4. The van der Waals surface area contributed by atoms with Gasteiger partial charge in [-0.25, -0.2) is 0 Å². The highest BCUT2D eigenvalue weighted by Gasteiger charge is 2.52. The fourth-order valence-corrected chi connectivity index (χ4v) is 10.4. The summed E-state index contributed by atoms with van der Waals surface area (Å²) in [6, 6.07) is 26.2. The van der Waals surface area contributed by atoms with Crippen molar-refractivity contribution in [1.29, 1.82) is 0 Å². The van der Waals surface area contributed by atoms with Crippen LogP contribution in [-0.4, -0.2) is 34.9 Å². The lowest BCUT2D eigenvalue weighted by atomic mass is 10.0. The van der Waals surface area contributed by atoms with E-state index in [2.05, 4.69) is 50.4 Å². The third-order valence-electron chi connectivity index (χ3n) is 6.74. The lowest BCUT2D eigenvalue weighted by molar-refractivity contribution is -0.0429. The molecule has 0 aromatic heterocycles. The van der Waals surface area contributed by atoms with Gasteiger partial charge >= 0.3 is 15.5 Å². The van der Waals surface area contributed by atoms with Crippen LogP contribution >= 0.6 is 0 Å². The fraction of sp³-hybridized carbons (Fsp3) is 0.333. The molecule has 0 spiro atoms. The molecule has 0 unspecified atom stereocenters. The minimum Gasteiger partial charge on any atom is -0.403 e. The summed E-state index contributed by atoms with van der Waals surface area (Å²) in [5, 5.41) is 5.39. The molecule has 1 saturated heterocycles. The average molecular weight is 549 g/mol. The van der Waals surface area contributed by atoms with Gasteiger partial charge in [0.15, 0.2) is 0 Å². The molecule has 1 heterocycles. The van der Waals surface area contributed by atoms with E-state index in [4.69, 9.17) is 4.43 Å². The average Bonchev–Trinajstić information content (AvgIpc) is 3.30. The summed E-state index contributed by atoms with van der Waals surface area (Å²) >= 11 is 0. The first kappa shape index (κ1) is 27.4. The normalized spacial score (nSPS) is 19.1. The molecule has 1 aliphatic heterocycles. The summed E-state index contributed by atoms with van der Waals surface area (Å²) in [5.74, 6) is 0. The minimum absolute atomic E-state index is 0.0941. The first-order valence-electron chi connectivity index (χ1n) is 12.1. The third-order valence-corrected chi connectivity index (χ3v) is 12.9. The van der Waals surface area contributed by atoms with Gasteiger partial charge < -0.3 is 9.74 Å². The van der Waals surface area contributed by atoms with Crippen molar-refractivity contribution in [2.24, 2.45) is 0 Å². The zero-order valence-corrected chi connectivity index (χ0v) is 22.7. The number of sulfonamides is 1. The Hall–Kier alpha value is -2.66. The third kappa shape index (κ3) is 5.47. The smallest absolute Gasteiger partial charge is 0.403 e. The molecule has 1 fully saturated rings. The Labute approximate surface area is 217 Å². The molecule has 5 nitrogen and oxygen atoms in total. The topological polar surface area (TPSA) is 67.4 Å². The Morgan fingerprint density at radius 3 is 1.89 bits per heavy atom. The predicted octanol–water partition coefficient (Wildman–Crippen LogP) is 4.93. The molecule has 2 atom stereocenters. The summed E-state index contributed by atoms with van der Waals surface area (Å²) in [4.78, 5) is 0. The lowest BCUT2D eigenvalue weighted by Crippen LogP contribution is -2.67. The Bertz CT molecular complexity index is 1270. The Kier molecular flexibility index (Phi) is 7.58. The molecule has 198 valence electrons. The van der Waals surface area contributed by atoms with Gasteiger partial charge in [0.05, 0.1) is 11.8 Å². The molecule has 3 aromatic rings. The van der Waals surface area contributed by atoms with E-state index in [9.17, 15) is 21.6 Å². The SMILES string of the molecule is CC(C)(C)[Si](O[C@H]1CN[C@H](c2ccccc2NS(=O)(=O)C(F)(F)F)C1)(c1ccccc1)c1ccccc1. The van der Waals surface area contributed by atoms with E-state index in [0.717, 1.165) is 10.4 Å². The number of alkyl halides is 3. The Morgan fingerprint density at radius 1 is 0.865 bits per heavy atom. The molecular formula is C27H31F3N2O3SSi. The Balaban J connectivity index is 1.67. The molecule has 10 heteroatoms. The van der Waals surface area contributed by atoms with Crippen molar-refractivity contribution in [3.63, 3.8) is 0 Å². The minimum atomic E-state index is -5.54. The molecule has 0 saturated carbocycles. The van der Waals surface area contributed by atoms with E-state index in [1.165, 1.54) is 12.1 Å². The van der Waals surface area contributed by atoms with E-state index in [-0.39, 0.29) is 22.9 Å². The van der Waals surface area contributed by atoms with E-state index in [0.29, 0.717) is 18.5 Å². The van der Waals surface area contributed by atoms with Gasteiger partial charge in [-0.05, 0) is 33.5 Å². The number of rotatable bonds is 7. The van der Waals surface area contributed by atoms with E-state index < -0.39 is 23.8 Å². The summed E-state index contributed by atoms with van der Waals surface area (Å²) in [6.45, 7) is 7.02. The highest BCUT2D eigenvalue weighted by molar-refractivity contribution is 7.93. The first-order valence-corrected chi connectivity index (χ1v) is 15.4. The standard InChI is InChI=1S/C27H31F3N2O3SSi/c1-26(2,3)37(21-12-6-4-7-13-21,22-14-8-5-9-15-22)35-20-18-25(31-19-20)23-16-10-11-17-24(23)32-36(33,34)27(28,29)30/h4-17,20,25,31-32H,18-19H2,1-3H3/t20-,25+/m1/s1. The van der Waals surface area contributed by atoms with Crippen LogP contribution in [0.3, 0.4) is 0 Å². The van der Waals surface area contributed by atoms with E-state index in [1.807, 2.05) is 36.4 Å². The number of halogens is 3. The van der Waals surface area contributed by atoms with Crippen LogP contribution in [0.5, 0.6) is 0 Å². The van der Waals surface area contributed by atoms with Gasteiger partial charge in [0, 0.05) is 12.6 Å². The van der Waals surface area contributed by atoms with Crippen LogP contribution in [0.1, 0.15) is 38.8 Å². The lowest BCUT2D eigenvalue weighted by Gasteiger charge is -2.44. The van der Waals surface area contributed by atoms with E-state index in [1.54, 1.807) is 16.9 Å². The largest absolute Gasteiger partial charge is 0.516 e. The van der Waals surface area contributed by atoms with Crippen molar-refractivity contribution < 1.29 is 26.0 Å². The van der Waals surface area contributed by atoms with Crippen LogP contribution in [0.2, 0.25) is 5.04 Å². The van der Waals surface area contributed by atoms with Crippen LogP contribution < -0.4 is 20.4 Å². The number of nitrogens with one attached hydrogen (secondary N) is 2. The van der Waals surface area contributed by atoms with Crippen molar-refractivity contribution in [2.75, 3.05) is 11.3 Å². The van der Waals surface area contributed by atoms with Gasteiger partial charge in [-0.2, -0.15) is 21.6 Å². The zero-order chi connectivity index (χ0) is 26.9. The van der Waals surface area contributed by atoms with Gasteiger partial charge in [-0.1, -0.05) is 99.6 Å². The van der Waals surface area contributed by atoms with Crippen LogP contribution in [0.15, 0.2) is 84.9 Å². The number of para-hydroxylation sites is 1. The van der Waals surface area contributed by atoms with Crippen molar-refractivity contribution in [3.8, 4) is 0 Å². The number of hydrogen-bond donors (Lipinski definition) is 2. The summed E-state index contributed by atoms with van der Waals surface area (Å²) in [6.07, 6.45) is 0.249. The number of benzene rings is 3. The maximum absolute atomic E-state index is 13.0. The maximum atomic E-state index is 13.0.